The van der Waals surface area contributed by atoms with E-state index in [1.165, 1.54) is 22.6 Å². The standard InChI is InChI=1S/C14H16O2S/c1-10(15)14(8-16-9-14)12-4-5-13-11(7-12)3-2-6-17-13/h4-5,7H,2-3,6,8-9H2,1H3. The van der Waals surface area contributed by atoms with Gasteiger partial charge in [0.15, 0.2) is 0 Å². The fourth-order valence-electron chi connectivity index (χ4n) is 2.54. The van der Waals surface area contributed by atoms with Gasteiger partial charge in [-0.1, -0.05) is 12.1 Å². The molecule has 1 fully saturated rings. The second-order valence-electron chi connectivity index (χ2n) is 4.91. The Hall–Kier alpha value is -0.800. The molecular weight excluding hydrogens is 232 g/mol. The van der Waals surface area contributed by atoms with E-state index in [0.717, 1.165) is 12.0 Å². The maximum Gasteiger partial charge on any atom is 0.145 e. The summed E-state index contributed by atoms with van der Waals surface area (Å²) in [6.45, 7) is 2.78. The first-order chi connectivity index (χ1) is 8.22. The van der Waals surface area contributed by atoms with Crippen LogP contribution in [0.2, 0.25) is 0 Å². The van der Waals surface area contributed by atoms with Gasteiger partial charge in [-0.05, 0) is 42.7 Å². The number of aryl methyl sites for hydroxylation is 1. The summed E-state index contributed by atoms with van der Waals surface area (Å²) in [5.41, 5.74) is 2.21. The number of ether oxygens (including phenoxy) is 1. The van der Waals surface area contributed by atoms with Crippen LogP contribution in [0.1, 0.15) is 24.5 Å². The summed E-state index contributed by atoms with van der Waals surface area (Å²) < 4.78 is 5.27. The molecule has 3 rings (SSSR count). The van der Waals surface area contributed by atoms with Crippen molar-refractivity contribution in [1.82, 2.24) is 0 Å². The summed E-state index contributed by atoms with van der Waals surface area (Å²) in [5, 5.41) is 0. The lowest BCUT2D eigenvalue weighted by atomic mass is 9.75. The zero-order valence-electron chi connectivity index (χ0n) is 9.99. The first-order valence-corrected chi connectivity index (χ1v) is 7.06. The normalized spacial score (nSPS) is 21.5. The number of carbonyl (C=O) groups is 1. The van der Waals surface area contributed by atoms with Gasteiger partial charge in [0.05, 0.1) is 13.2 Å². The molecule has 0 N–H and O–H groups in total. The number of Topliss-reactive ketones (excluding diaryl/α,β-unsaturated/α-hetero) is 1. The lowest BCUT2D eigenvalue weighted by Gasteiger charge is -2.40. The van der Waals surface area contributed by atoms with Gasteiger partial charge in [-0.2, -0.15) is 0 Å². The Labute approximate surface area is 106 Å². The van der Waals surface area contributed by atoms with Crippen molar-refractivity contribution in [1.29, 1.82) is 0 Å². The van der Waals surface area contributed by atoms with Crippen molar-refractivity contribution in [2.75, 3.05) is 19.0 Å². The van der Waals surface area contributed by atoms with E-state index in [1.54, 1.807) is 6.92 Å². The number of hydrogen-bond donors (Lipinski definition) is 0. The lowest BCUT2D eigenvalue weighted by molar-refractivity contribution is -0.140. The van der Waals surface area contributed by atoms with Gasteiger partial charge in [0.2, 0.25) is 0 Å². The van der Waals surface area contributed by atoms with Crippen LogP contribution in [0.3, 0.4) is 0 Å². The van der Waals surface area contributed by atoms with Gasteiger partial charge in [0, 0.05) is 4.90 Å². The fraction of sp³-hybridized carbons (Fsp3) is 0.500. The van der Waals surface area contributed by atoms with Gasteiger partial charge in [0.25, 0.3) is 0 Å². The van der Waals surface area contributed by atoms with Crippen LogP contribution in [0.5, 0.6) is 0 Å². The largest absolute Gasteiger partial charge is 0.378 e. The molecule has 0 bridgehead atoms. The van der Waals surface area contributed by atoms with Crippen LogP contribution in [0.4, 0.5) is 0 Å². The molecule has 0 aromatic heterocycles. The first-order valence-electron chi connectivity index (χ1n) is 6.07. The SMILES string of the molecule is CC(=O)C1(c2ccc3c(c2)CCCS3)COC1. The number of rotatable bonds is 2. The Morgan fingerprint density at radius 2 is 2.24 bits per heavy atom. The molecule has 0 saturated carbocycles. The second kappa shape index (κ2) is 4.14. The average molecular weight is 248 g/mol. The Balaban J connectivity index is 2.01. The third-order valence-electron chi connectivity index (χ3n) is 3.83. The summed E-state index contributed by atoms with van der Waals surface area (Å²) in [7, 11) is 0. The van der Waals surface area contributed by atoms with Crippen LogP contribution in [0.25, 0.3) is 0 Å². The minimum atomic E-state index is -0.350. The van der Waals surface area contributed by atoms with Gasteiger partial charge in [-0.15, -0.1) is 11.8 Å². The molecule has 17 heavy (non-hydrogen) atoms. The molecule has 2 aliphatic rings. The number of ketones is 1. The highest BCUT2D eigenvalue weighted by atomic mass is 32.2. The number of benzene rings is 1. The van der Waals surface area contributed by atoms with Crippen molar-refractivity contribution in [3.63, 3.8) is 0 Å². The van der Waals surface area contributed by atoms with Crippen molar-refractivity contribution < 1.29 is 9.53 Å². The quantitative estimate of drug-likeness (QED) is 0.804. The van der Waals surface area contributed by atoms with Crippen LogP contribution >= 0.6 is 11.8 Å². The molecule has 1 saturated heterocycles. The molecule has 1 aromatic carbocycles. The predicted molar refractivity (Wildman–Crippen MR) is 68.7 cm³/mol. The van der Waals surface area contributed by atoms with E-state index in [2.05, 4.69) is 18.2 Å². The number of thioether (sulfide) groups is 1. The maximum absolute atomic E-state index is 11.8. The smallest absolute Gasteiger partial charge is 0.145 e. The Bertz CT molecular complexity index is 463. The summed E-state index contributed by atoms with van der Waals surface area (Å²) in [6.07, 6.45) is 2.38. The van der Waals surface area contributed by atoms with E-state index in [9.17, 15) is 4.79 Å². The molecular formula is C14H16O2S. The molecule has 1 aromatic rings. The summed E-state index contributed by atoms with van der Waals surface area (Å²) in [5.74, 6) is 1.44. The molecule has 0 radical (unpaired) electrons. The van der Waals surface area contributed by atoms with E-state index >= 15 is 0 Å². The highest BCUT2D eigenvalue weighted by Crippen LogP contribution is 2.37. The molecule has 0 unspecified atom stereocenters. The number of fused-ring (bicyclic) bond motifs is 1. The van der Waals surface area contributed by atoms with E-state index < -0.39 is 0 Å². The monoisotopic (exact) mass is 248 g/mol. The van der Waals surface area contributed by atoms with Crippen molar-refractivity contribution in [3.8, 4) is 0 Å². The fourth-order valence-corrected chi connectivity index (χ4v) is 3.56. The lowest BCUT2D eigenvalue weighted by Crippen LogP contribution is -2.52. The summed E-state index contributed by atoms with van der Waals surface area (Å²) in [4.78, 5) is 13.2. The van der Waals surface area contributed by atoms with Gasteiger partial charge in [-0.25, -0.2) is 0 Å². The molecule has 90 valence electrons. The second-order valence-corrected chi connectivity index (χ2v) is 6.04. The average Bonchev–Trinajstić information content (AvgIpc) is 2.27. The van der Waals surface area contributed by atoms with Gasteiger partial charge in [0.1, 0.15) is 11.2 Å². The van der Waals surface area contributed by atoms with Crippen molar-refractivity contribution in [3.05, 3.63) is 29.3 Å². The Morgan fingerprint density at radius 1 is 1.41 bits per heavy atom. The molecule has 2 aliphatic heterocycles. The molecule has 3 heteroatoms. The van der Waals surface area contributed by atoms with Gasteiger partial charge >= 0.3 is 0 Å². The minimum Gasteiger partial charge on any atom is -0.378 e. The van der Waals surface area contributed by atoms with E-state index in [-0.39, 0.29) is 11.2 Å². The highest BCUT2D eigenvalue weighted by molar-refractivity contribution is 7.99. The van der Waals surface area contributed by atoms with E-state index in [1.807, 2.05) is 11.8 Å². The minimum absolute atomic E-state index is 0.229. The number of carbonyl (C=O) groups excluding carboxylic acids is 1. The molecule has 0 atom stereocenters. The van der Waals surface area contributed by atoms with Crippen LogP contribution in [-0.2, 0) is 21.4 Å². The zero-order valence-corrected chi connectivity index (χ0v) is 10.8. The van der Waals surface area contributed by atoms with Crippen molar-refractivity contribution in [2.45, 2.75) is 30.1 Å². The summed E-state index contributed by atoms with van der Waals surface area (Å²) >= 11 is 1.93. The third kappa shape index (κ3) is 1.72. The molecule has 0 spiro atoms. The highest BCUT2D eigenvalue weighted by Gasteiger charge is 2.45. The zero-order chi connectivity index (χ0) is 11.9. The van der Waals surface area contributed by atoms with E-state index in [4.69, 9.17) is 4.74 Å². The van der Waals surface area contributed by atoms with Crippen molar-refractivity contribution in [2.24, 2.45) is 0 Å². The van der Waals surface area contributed by atoms with Gasteiger partial charge in [-0.3, -0.25) is 4.79 Å². The van der Waals surface area contributed by atoms with E-state index in [0.29, 0.717) is 13.2 Å². The van der Waals surface area contributed by atoms with Crippen LogP contribution < -0.4 is 0 Å². The molecule has 2 heterocycles. The first kappa shape index (κ1) is 11.3. The van der Waals surface area contributed by atoms with Crippen LogP contribution in [-0.4, -0.2) is 24.7 Å². The number of hydrogen-bond acceptors (Lipinski definition) is 3. The topological polar surface area (TPSA) is 26.3 Å². The van der Waals surface area contributed by atoms with Crippen molar-refractivity contribution >= 4 is 17.5 Å². The maximum atomic E-state index is 11.8. The predicted octanol–water partition coefficient (Wildman–Crippen LogP) is 2.58. The van der Waals surface area contributed by atoms with Gasteiger partial charge < -0.3 is 4.74 Å². The molecule has 0 amide bonds. The van der Waals surface area contributed by atoms with Crippen LogP contribution in [0, 0.1) is 0 Å². The third-order valence-corrected chi connectivity index (χ3v) is 5.03. The van der Waals surface area contributed by atoms with Crippen LogP contribution in [0.15, 0.2) is 23.1 Å². The Kier molecular flexibility index (Phi) is 2.75. The Morgan fingerprint density at radius 3 is 2.88 bits per heavy atom. The summed E-state index contributed by atoms with van der Waals surface area (Å²) in [6, 6.07) is 6.52. The molecule has 0 aliphatic carbocycles. The molecule has 2 nitrogen and oxygen atoms in total.